The van der Waals surface area contributed by atoms with Gasteiger partial charge in [0.1, 0.15) is 0 Å². The fraction of sp³-hybridized carbons (Fsp3) is 0.375. The second-order valence-corrected chi connectivity index (χ2v) is 7.70. The van der Waals surface area contributed by atoms with E-state index >= 15 is 0 Å². The zero-order valence-electron chi connectivity index (χ0n) is 13.9. The molecule has 134 valence electrons. The fourth-order valence-electron chi connectivity index (χ4n) is 2.11. The summed E-state index contributed by atoms with van der Waals surface area (Å²) in [5.41, 5.74) is 0.701. The first-order valence-corrected chi connectivity index (χ1v) is 9.52. The fourth-order valence-corrected chi connectivity index (χ4v) is 3.75. The van der Waals surface area contributed by atoms with Crippen LogP contribution in [0.1, 0.15) is 13.8 Å². The van der Waals surface area contributed by atoms with Gasteiger partial charge in [-0.05, 0) is 31.2 Å². The average Bonchev–Trinajstić information content (AvgIpc) is 2.88. The molecule has 0 aromatic heterocycles. The number of carbonyl (C=O) groups excluding carboxylic acids is 4. The highest BCUT2D eigenvalue weighted by Crippen LogP contribution is 2.25. The highest BCUT2D eigenvalue weighted by molar-refractivity contribution is 8.14. The second-order valence-electron chi connectivity index (χ2n) is 5.36. The topological polar surface area (TPSA) is 95.6 Å². The zero-order valence-corrected chi connectivity index (χ0v) is 15.5. The Hall–Kier alpha value is -2.00. The van der Waals surface area contributed by atoms with E-state index in [4.69, 9.17) is 0 Å². The lowest BCUT2D eigenvalue weighted by atomic mass is 10.3. The van der Waals surface area contributed by atoms with Gasteiger partial charge in [0.25, 0.3) is 5.24 Å². The van der Waals surface area contributed by atoms with Crippen molar-refractivity contribution in [1.29, 1.82) is 0 Å². The van der Waals surface area contributed by atoms with Crippen molar-refractivity contribution < 1.29 is 19.2 Å². The number of hydrogen-bond donors (Lipinski definition) is 2. The van der Waals surface area contributed by atoms with Gasteiger partial charge in [-0.25, -0.2) is 0 Å². The predicted molar refractivity (Wildman–Crippen MR) is 98.6 cm³/mol. The SMILES string of the molecule is CC(=O)Nc1ccc(S[C@@H](C)C(=O)NCCN2C(=O)CSC2=O)cc1. The van der Waals surface area contributed by atoms with Gasteiger partial charge in [0, 0.05) is 30.6 Å². The van der Waals surface area contributed by atoms with Gasteiger partial charge in [0.2, 0.25) is 17.7 Å². The van der Waals surface area contributed by atoms with Crippen LogP contribution in [0, 0.1) is 0 Å². The molecule has 1 atom stereocenters. The standard InChI is InChI=1S/C16H19N3O4S2/c1-10(25-13-5-3-12(4-6-13)18-11(2)20)15(22)17-7-8-19-14(21)9-24-16(19)23/h3-6,10H,7-9H2,1-2H3,(H,17,22)(H,18,20)/t10-/m0/s1. The zero-order chi connectivity index (χ0) is 18.4. The van der Waals surface area contributed by atoms with Crippen LogP contribution in [0.15, 0.2) is 29.2 Å². The number of rotatable bonds is 7. The molecule has 2 N–H and O–H groups in total. The summed E-state index contributed by atoms with van der Waals surface area (Å²) in [7, 11) is 0. The molecule has 0 bridgehead atoms. The third kappa shape index (κ3) is 5.79. The Balaban J connectivity index is 1.77. The summed E-state index contributed by atoms with van der Waals surface area (Å²) in [5.74, 6) is -0.344. The smallest absolute Gasteiger partial charge is 0.288 e. The summed E-state index contributed by atoms with van der Waals surface area (Å²) in [6.45, 7) is 3.66. The molecule has 0 aliphatic carbocycles. The summed E-state index contributed by atoms with van der Waals surface area (Å²) in [6, 6.07) is 7.21. The van der Waals surface area contributed by atoms with Crippen molar-refractivity contribution in [3.8, 4) is 0 Å². The molecule has 1 fully saturated rings. The van der Waals surface area contributed by atoms with E-state index < -0.39 is 0 Å². The molecule has 9 heteroatoms. The maximum Gasteiger partial charge on any atom is 0.288 e. The van der Waals surface area contributed by atoms with Crippen LogP contribution in [-0.2, 0) is 14.4 Å². The van der Waals surface area contributed by atoms with Crippen molar-refractivity contribution in [2.45, 2.75) is 24.0 Å². The Morgan fingerprint density at radius 3 is 2.52 bits per heavy atom. The minimum atomic E-state index is -0.328. The van der Waals surface area contributed by atoms with Crippen LogP contribution >= 0.6 is 23.5 Å². The van der Waals surface area contributed by atoms with Crippen molar-refractivity contribution in [2.75, 3.05) is 24.2 Å². The first-order valence-electron chi connectivity index (χ1n) is 7.66. The summed E-state index contributed by atoms with van der Waals surface area (Å²) in [6.07, 6.45) is 0. The lowest BCUT2D eigenvalue weighted by molar-refractivity contribution is -0.125. The molecule has 0 saturated carbocycles. The summed E-state index contributed by atoms with van der Waals surface area (Å²) >= 11 is 2.37. The summed E-state index contributed by atoms with van der Waals surface area (Å²) in [5, 5.41) is 4.83. The molecular weight excluding hydrogens is 362 g/mol. The van der Waals surface area contributed by atoms with Crippen LogP contribution in [0.25, 0.3) is 0 Å². The normalized spacial score (nSPS) is 15.2. The number of anilines is 1. The van der Waals surface area contributed by atoms with Crippen molar-refractivity contribution in [3.05, 3.63) is 24.3 Å². The molecule has 1 aromatic rings. The minimum absolute atomic E-state index is 0.137. The van der Waals surface area contributed by atoms with Gasteiger partial charge in [-0.15, -0.1) is 11.8 Å². The summed E-state index contributed by atoms with van der Waals surface area (Å²) < 4.78 is 0. The van der Waals surface area contributed by atoms with Crippen molar-refractivity contribution in [2.24, 2.45) is 0 Å². The molecule has 7 nitrogen and oxygen atoms in total. The maximum atomic E-state index is 12.1. The Labute approximate surface area is 154 Å². The third-order valence-corrected chi connectivity index (χ3v) is 5.30. The van der Waals surface area contributed by atoms with Gasteiger partial charge in [0.05, 0.1) is 11.0 Å². The van der Waals surface area contributed by atoms with E-state index in [0.717, 1.165) is 21.6 Å². The van der Waals surface area contributed by atoms with E-state index in [2.05, 4.69) is 10.6 Å². The van der Waals surface area contributed by atoms with E-state index in [0.29, 0.717) is 5.69 Å². The predicted octanol–water partition coefficient (Wildman–Crippen LogP) is 1.94. The molecule has 1 saturated heterocycles. The van der Waals surface area contributed by atoms with Gasteiger partial charge < -0.3 is 10.6 Å². The molecule has 25 heavy (non-hydrogen) atoms. The number of thioether (sulfide) groups is 2. The van der Waals surface area contributed by atoms with Crippen molar-refractivity contribution in [3.63, 3.8) is 0 Å². The van der Waals surface area contributed by atoms with E-state index in [1.165, 1.54) is 18.7 Å². The second kappa shape index (κ2) is 8.91. The van der Waals surface area contributed by atoms with E-state index in [1.54, 1.807) is 19.1 Å². The van der Waals surface area contributed by atoms with Crippen LogP contribution in [0.4, 0.5) is 10.5 Å². The first-order chi connectivity index (χ1) is 11.9. The minimum Gasteiger partial charge on any atom is -0.353 e. The lowest BCUT2D eigenvalue weighted by Crippen LogP contribution is -2.39. The van der Waals surface area contributed by atoms with Crippen molar-refractivity contribution in [1.82, 2.24) is 10.2 Å². The highest BCUT2D eigenvalue weighted by atomic mass is 32.2. The van der Waals surface area contributed by atoms with Gasteiger partial charge >= 0.3 is 0 Å². The number of hydrogen-bond acceptors (Lipinski definition) is 6. The summed E-state index contributed by atoms with van der Waals surface area (Å²) in [4.78, 5) is 48.1. The monoisotopic (exact) mass is 381 g/mol. The van der Waals surface area contributed by atoms with Crippen LogP contribution < -0.4 is 10.6 Å². The quantitative estimate of drug-likeness (QED) is 0.701. The molecule has 2 rings (SSSR count). The van der Waals surface area contributed by atoms with E-state index in [-0.39, 0.29) is 47.1 Å². The lowest BCUT2D eigenvalue weighted by Gasteiger charge is -2.15. The molecule has 1 aliphatic rings. The number of benzene rings is 1. The van der Waals surface area contributed by atoms with Gasteiger partial charge in [-0.1, -0.05) is 11.8 Å². The van der Waals surface area contributed by atoms with E-state index in [9.17, 15) is 19.2 Å². The molecule has 0 unspecified atom stereocenters. The van der Waals surface area contributed by atoms with Crippen LogP contribution in [0.5, 0.6) is 0 Å². The van der Waals surface area contributed by atoms with Gasteiger partial charge in [0.15, 0.2) is 0 Å². The number of nitrogens with one attached hydrogen (secondary N) is 2. The Kier molecular flexibility index (Phi) is 6.89. The first kappa shape index (κ1) is 19.3. The van der Waals surface area contributed by atoms with Crippen molar-refractivity contribution >= 4 is 52.2 Å². The maximum absolute atomic E-state index is 12.1. The average molecular weight is 381 g/mol. The van der Waals surface area contributed by atoms with Gasteiger partial charge in [-0.3, -0.25) is 24.1 Å². The number of nitrogens with zero attached hydrogens (tertiary/aromatic N) is 1. The van der Waals surface area contributed by atoms with Crippen LogP contribution in [0.3, 0.4) is 0 Å². The van der Waals surface area contributed by atoms with Crippen LogP contribution in [-0.4, -0.2) is 52.0 Å². The molecule has 1 aromatic carbocycles. The van der Waals surface area contributed by atoms with Crippen LogP contribution in [0.2, 0.25) is 0 Å². The number of imide groups is 1. The molecule has 1 heterocycles. The van der Waals surface area contributed by atoms with Gasteiger partial charge in [-0.2, -0.15) is 0 Å². The number of carbonyl (C=O) groups is 4. The molecule has 0 radical (unpaired) electrons. The molecular formula is C16H19N3O4S2. The molecule has 4 amide bonds. The highest BCUT2D eigenvalue weighted by Gasteiger charge is 2.29. The molecule has 0 spiro atoms. The third-order valence-electron chi connectivity index (χ3n) is 3.33. The largest absolute Gasteiger partial charge is 0.353 e. The van der Waals surface area contributed by atoms with E-state index in [1.807, 2.05) is 12.1 Å². The molecule has 1 aliphatic heterocycles. The Morgan fingerprint density at radius 2 is 1.96 bits per heavy atom. The Bertz CT molecular complexity index is 662. The Morgan fingerprint density at radius 1 is 1.28 bits per heavy atom. The number of amides is 4.